The average Bonchev–Trinajstić information content (AvgIpc) is 2.11. The second-order valence-electron chi connectivity index (χ2n) is 2.99. The van der Waals surface area contributed by atoms with Crippen LogP contribution in [0.4, 0.5) is 0 Å². The number of nitrogens with one attached hydrogen (secondary N) is 1. The fourth-order valence-electron chi connectivity index (χ4n) is 1.54. The molecule has 2 heteroatoms. The molecule has 1 saturated heterocycles. The van der Waals surface area contributed by atoms with E-state index in [9.17, 15) is 0 Å². The third-order valence-electron chi connectivity index (χ3n) is 2.42. The fourth-order valence-corrected chi connectivity index (χ4v) is 1.54. The van der Waals surface area contributed by atoms with Crippen LogP contribution in [0.25, 0.3) is 0 Å². The maximum Gasteiger partial charge on any atom is 0.0970 e. The summed E-state index contributed by atoms with van der Waals surface area (Å²) in [5.41, 5.74) is 0. The predicted molar refractivity (Wildman–Crippen MR) is 35.1 cm³/mol. The molecule has 52 valence electrons. The number of hydrogen-bond donors (Lipinski definition) is 1. The molecular formula is C7H13NO. The maximum atomic E-state index is 5.45. The summed E-state index contributed by atoms with van der Waals surface area (Å²) in [6.45, 7) is 1.87. The molecule has 2 fully saturated rings. The van der Waals surface area contributed by atoms with Crippen LogP contribution in [0.15, 0.2) is 0 Å². The van der Waals surface area contributed by atoms with Crippen LogP contribution in [0.1, 0.15) is 19.3 Å². The van der Waals surface area contributed by atoms with Crippen LogP contribution < -0.4 is 5.32 Å². The number of ether oxygens (including phenoxy) is 1. The van der Waals surface area contributed by atoms with Crippen molar-refractivity contribution < 1.29 is 4.74 Å². The Balaban J connectivity index is 1.82. The standard InChI is InChI=1S/C7H13NO/c1-2-6(3-1)7-4-8-5-9-7/h6-8H,1-5H2. The Morgan fingerprint density at radius 3 is 2.67 bits per heavy atom. The van der Waals surface area contributed by atoms with E-state index >= 15 is 0 Å². The van der Waals surface area contributed by atoms with Gasteiger partial charge in [-0.2, -0.15) is 0 Å². The second-order valence-corrected chi connectivity index (χ2v) is 2.99. The minimum atomic E-state index is 0.554. The van der Waals surface area contributed by atoms with Crippen molar-refractivity contribution in [1.29, 1.82) is 0 Å². The topological polar surface area (TPSA) is 21.3 Å². The maximum absolute atomic E-state index is 5.45. The van der Waals surface area contributed by atoms with Crippen LogP contribution >= 0.6 is 0 Å². The van der Waals surface area contributed by atoms with Gasteiger partial charge in [-0.3, -0.25) is 5.32 Å². The van der Waals surface area contributed by atoms with Gasteiger partial charge in [-0.1, -0.05) is 6.42 Å². The van der Waals surface area contributed by atoms with Gasteiger partial charge in [0.2, 0.25) is 0 Å². The van der Waals surface area contributed by atoms with Gasteiger partial charge in [-0.25, -0.2) is 0 Å². The highest BCUT2D eigenvalue weighted by Gasteiger charge is 2.29. The second kappa shape index (κ2) is 2.27. The van der Waals surface area contributed by atoms with Gasteiger partial charge in [-0.15, -0.1) is 0 Å². The fraction of sp³-hybridized carbons (Fsp3) is 1.00. The van der Waals surface area contributed by atoms with Crippen LogP contribution in [-0.4, -0.2) is 19.4 Å². The Morgan fingerprint density at radius 2 is 2.22 bits per heavy atom. The zero-order valence-corrected chi connectivity index (χ0v) is 5.60. The molecule has 1 aliphatic carbocycles. The Morgan fingerprint density at radius 1 is 1.33 bits per heavy atom. The monoisotopic (exact) mass is 127 g/mol. The third-order valence-corrected chi connectivity index (χ3v) is 2.42. The summed E-state index contributed by atoms with van der Waals surface area (Å²) < 4.78 is 5.45. The molecule has 0 aromatic rings. The Labute approximate surface area is 55.6 Å². The summed E-state index contributed by atoms with van der Waals surface area (Å²) in [4.78, 5) is 0. The van der Waals surface area contributed by atoms with Crippen LogP contribution in [0.3, 0.4) is 0 Å². The van der Waals surface area contributed by atoms with Gasteiger partial charge in [-0.05, 0) is 18.8 Å². The average molecular weight is 127 g/mol. The minimum absolute atomic E-state index is 0.554. The lowest BCUT2D eigenvalue weighted by Crippen LogP contribution is -2.29. The number of rotatable bonds is 1. The van der Waals surface area contributed by atoms with Crippen LogP contribution in [0, 0.1) is 5.92 Å². The lowest BCUT2D eigenvalue weighted by molar-refractivity contribution is 0.0356. The quantitative estimate of drug-likeness (QED) is 0.560. The van der Waals surface area contributed by atoms with Crippen LogP contribution in [0.5, 0.6) is 0 Å². The predicted octanol–water partition coefficient (Wildman–Crippen LogP) is 0.732. The SMILES string of the molecule is C1CC(C2CNCO2)C1. The van der Waals surface area contributed by atoms with Gasteiger partial charge < -0.3 is 4.74 Å². The Bertz CT molecular complexity index is 95.1. The van der Waals surface area contributed by atoms with Crippen molar-refractivity contribution in [3.63, 3.8) is 0 Å². The molecule has 2 rings (SSSR count). The molecule has 0 bridgehead atoms. The first-order chi connectivity index (χ1) is 4.47. The normalized spacial score (nSPS) is 36.7. The zero-order valence-electron chi connectivity index (χ0n) is 5.60. The molecule has 1 saturated carbocycles. The van der Waals surface area contributed by atoms with Crippen molar-refractivity contribution in [2.45, 2.75) is 25.4 Å². The summed E-state index contributed by atoms with van der Waals surface area (Å²) in [6.07, 6.45) is 4.77. The molecule has 9 heavy (non-hydrogen) atoms. The highest BCUT2D eigenvalue weighted by Crippen LogP contribution is 2.31. The van der Waals surface area contributed by atoms with E-state index in [4.69, 9.17) is 4.74 Å². The van der Waals surface area contributed by atoms with Gasteiger partial charge >= 0.3 is 0 Å². The lowest BCUT2D eigenvalue weighted by Gasteiger charge is -2.29. The van der Waals surface area contributed by atoms with Crippen LogP contribution in [0.2, 0.25) is 0 Å². The van der Waals surface area contributed by atoms with E-state index in [1.165, 1.54) is 19.3 Å². The molecule has 0 aromatic heterocycles. The molecule has 0 spiro atoms. The first-order valence-electron chi connectivity index (χ1n) is 3.79. The van der Waals surface area contributed by atoms with E-state index in [-0.39, 0.29) is 0 Å². The summed E-state index contributed by atoms with van der Waals surface area (Å²) in [5, 5.41) is 3.20. The number of hydrogen-bond acceptors (Lipinski definition) is 2. The van der Waals surface area contributed by atoms with Gasteiger partial charge in [0.1, 0.15) is 0 Å². The molecule has 1 unspecified atom stereocenters. The Hall–Kier alpha value is -0.0800. The summed E-state index contributed by atoms with van der Waals surface area (Å²) in [6, 6.07) is 0. The molecule has 1 aliphatic heterocycles. The van der Waals surface area contributed by atoms with Crippen molar-refractivity contribution in [3.05, 3.63) is 0 Å². The molecule has 1 atom stereocenters. The van der Waals surface area contributed by atoms with Crippen molar-refractivity contribution >= 4 is 0 Å². The van der Waals surface area contributed by atoms with E-state index in [2.05, 4.69) is 5.32 Å². The van der Waals surface area contributed by atoms with E-state index in [0.29, 0.717) is 6.10 Å². The van der Waals surface area contributed by atoms with E-state index < -0.39 is 0 Å². The summed E-state index contributed by atoms with van der Waals surface area (Å²) >= 11 is 0. The molecule has 1 N–H and O–H groups in total. The van der Waals surface area contributed by atoms with E-state index in [1.54, 1.807) is 0 Å². The molecule has 0 aromatic carbocycles. The largest absolute Gasteiger partial charge is 0.361 e. The van der Waals surface area contributed by atoms with Crippen molar-refractivity contribution in [3.8, 4) is 0 Å². The first-order valence-corrected chi connectivity index (χ1v) is 3.79. The van der Waals surface area contributed by atoms with Crippen LogP contribution in [-0.2, 0) is 4.74 Å². The highest BCUT2D eigenvalue weighted by atomic mass is 16.5. The van der Waals surface area contributed by atoms with Gasteiger partial charge in [0, 0.05) is 6.54 Å². The molecule has 1 heterocycles. The van der Waals surface area contributed by atoms with Crippen molar-refractivity contribution in [2.75, 3.05) is 13.3 Å². The molecular weight excluding hydrogens is 114 g/mol. The van der Waals surface area contributed by atoms with Gasteiger partial charge in [0.05, 0.1) is 12.8 Å². The molecule has 2 aliphatic rings. The summed E-state index contributed by atoms with van der Waals surface area (Å²) in [7, 11) is 0. The molecule has 2 nitrogen and oxygen atoms in total. The van der Waals surface area contributed by atoms with E-state index in [0.717, 1.165) is 19.2 Å². The first kappa shape index (κ1) is 5.69. The zero-order chi connectivity index (χ0) is 6.10. The summed E-state index contributed by atoms with van der Waals surface area (Å²) in [5.74, 6) is 0.889. The molecule has 0 amide bonds. The van der Waals surface area contributed by atoms with Crippen molar-refractivity contribution in [2.24, 2.45) is 5.92 Å². The third kappa shape index (κ3) is 0.970. The Kier molecular flexibility index (Phi) is 1.44. The molecule has 0 radical (unpaired) electrons. The lowest BCUT2D eigenvalue weighted by atomic mass is 9.81. The van der Waals surface area contributed by atoms with Crippen molar-refractivity contribution in [1.82, 2.24) is 5.32 Å². The van der Waals surface area contributed by atoms with E-state index in [1.807, 2.05) is 0 Å². The minimum Gasteiger partial charge on any atom is -0.361 e. The van der Waals surface area contributed by atoms with Gasteiger partial charge in [0.15, 0.2) is 0 Å². The van der Waals surface area contributed by atoms with Gasteiger partial charge in [0.25, 0.3) is 0 Å². The smallest absolute Gasteiger partial charge is 0.0970 e. The highest BCUT2D eigenvalue weighted by molar-refractivity contribution is 4.81.